The Morgan fingerprint density at radius 3 is 2.85 bits per heavy atom. The van der Waals surface area contributed by atoms with Crippen LogP contribution in [0.5, 0.6) is 0 Å². The number of aromatic nitrogens is 3. The van der Waals surface area contributed by atoms with E-state index in [9.17, 15) is 0 Å². The minimum atomic E-state index is 0.359. The van der Waals surface area contributed by atoms with Gasteiger partial charge in [0.15, 0.2) is 0 Å². The molecule has 1 heterocycles. The van der Waals surface area contributed by atoms with Crippen molar-refractivity contribution in [1.29, 1.82) is 0 Å². The van der Waals surface area contributed by atoms with Crippen LogP contribution in [-0.2, 0) is 16.8 Å². The smallest absolute Gasteiger partial charge is 0.198 e. The zero-order chi connectivity index (χ0) is 9.26. The van der Waals surface area contributed by atoms with Gasteiger partial charge in [-0.1, -0.05) is 17.3 Å². The summed E-state index contributed by atoms with van der Waals surface area (Å²) in [5.41, 5.74) is 2.11. The van der Waals surface area contributed by atoms with Crippen LogP contribution in [0.25, 0.3) is 11.0 Å². The van der Waals surface area contributed by atoms with Crippen LogP contribution in [0.4, 0.5) is 0 Å². The highest BCUT2D eigenvalue weighted by molar-refractivity contribution is 7.94. The SMILES string of the molecule is C[S+](C)Cn1nnc2ccccc21. The first kappa shape index (κ1) is 8.56. The predicted molar refractivity (Wildman–Crippen MR) is 56.7 cm³/mol. The molecule has 3 nitrogen and oxygen atoms in total. The van der Waals surface area contributed by atoms with Gasteiger partial charge in [-0.15, -0.1) is 5.10 Å². The van der Waals surface area contributed by atoms with Gasteiger partial charge >= 0.3 is 0 Å². The fourth-order valence-corrected chi connectivity index (χ4v) is 1.94. The zero-order valence-electron chi connectivity index (χ0n) is 7.77. The Kier molecular flexibility index (Phi) is 2.22. The molecule has 0 aliphatic rings. The average molecular weight is 194 g/mol. The van der Waals surface area contributed by atoms with Crippen molar-refractivity contribution in [3.63, 3.8) is 0 Å². The molecule has 0 spiro atoms. The van der Waals surface area contributed by atoms with Crippen LogP contribution < -0.4 is 0 Å². The van der Waals surface area contributed by atoms with Gasteiger partial charge in [0.05, 0.1) is 18.0 Å². The molecule has 0 aliphatic carbocycles. The molecule has 0 saturated carbocycles. The number of hydrogen-bond acceptors (Lipinski definition) is 2. The van der Waals surface area contributed by atoms with E-state index in [1.807, 2.05) is 22.9 Å². The van der Waals surface area contributed by atoms with Gasteiger partial charge in [-0.05, 0) is 12.1 Å². The van der Waals surface area contributed by atoms with Gasteiger partial charge in [0.25, 0.3) is 0 Å². The van der Waals surface area contributed by atoms with E-state index in [2.05, 4.69) is 28.9 Å². The summed E-state index contributed by atoms with van der Waals surface area (Å²) >= 11 is 0. The van der Waals surface area contributed by atoms with Gasteiger partial charge < -0.3 is 0 Å². The number of rotatable bonds is 2. The summed E-state index contributed by atoms with van der Waals surface area (Å²) in [6.07, 6.45) is 4.41. The molecule has 0 atom stereocenters. The molecule has 13 heavy (non-hydrogen) atoms. The Hall–Kier alpha value is -1.03. The lowest BCUT2D eigenvalue weighted by atomic mass is 10.3. The molecule has 0 saturated heterocycles. The number of fused-ring (bicyclic) bond motifs is 1. The van der Waals surface area contributed by atoms with Crippen molar-refractivity contribution >= 4 is 21.9 Å². The van der Waals surface area contributed by atoms with Crippen LogP contribution in [0.1, 0.15) is 0 Å². The van der Waals surface area contributed by atoms with E-state index in [0.717, 1.165) is 16.9 Å². The quantitative estimate of drug-likeness (QED) is 0.674. The molecule has 0 fully saturated rings. The molecule has 1 aromatic heterocycles. The Bertz CT molecular complexity index is 408. The topological polar surface area (TPSA) is 30.7 Å². The maximum Gasteiger partial charge on any atom is 0.201 e. The van der Waals surface area contributed by atoms with Crippen LogP contribution in [0, 0.1) is 0 Å². The molecule has 2 aromatic rings. The molecule has 4 heteroatoms. The molecule has 0 amide bonds. The maximum atomic E-state index is 4.11. The van der Waals surface area contributed by atoms with E-state index in [1.165, 1.54) is 0 Å². The van der Waals surface area contributed by atoms with E-state index in [4.69, 9.17) is 0 Å². The molecule has 0 radical (unpaired) electrons. The first-order chi connectivity index (χ1) is 6.27. The van der Waals surface area contributed by atoms with Gasteiger partial charge in [-0.2, -0.15) is 4.68 Å². The Morgan fingerprint density at radius 1 is 1.31 bits per heavy atom. The summed E-state index contributed by atoms with van der Waals surface area (Å²) in [6.45, 7) is 0. The van der Waals surface area contributed by atoms with Gasteiger partial charge in [0, 0.05) is 10.9 Å². The fraction of sp³-hybridized carbons (Fsp3) is 0.333. The normalized spacial score (nSPS) is 11.3. The van der Waals surface area contributed by atoms with E-state index < -0.39 is 0 Å². The van der Waals surface area contributed by atoms with Crippen molar-refractivity contribution in [3.05, 3.63) is 24.3 Å². The number of para-hydroxylation sites is 1. The van der Waals surface area contributed by atoms with E-state index in [0.29, 0.717) is 10.9 Å². The Labute approximate surface area is 80.1 Å². The number of nitrogens with zero attached hydrogens (tertiary/aromatic N) is 3. The maximum absolute atomic E-state index is 4.11. The van der Waals surface area contributed by atoms with Crippen LogP contribution in [0.3, 0.4) is 0 Å². The van der Waals surface area contributed by atoms with Crippen LogP contribution >= 0.6 is 0 Å². The lowest BCUT2D eigenvalue weighted by Crippen LogP contribution is -2.09. The second-order valence-corrected chi connectivity index (χ2v) is 5.42. The molecule has 1 aromatic carbocycles. The lowest BCUT2D eigenvalue weighted by Gasteiger charge is -1.97. The van der Waals surface area contributed by atoms with Crippen molar-refractivity contribution in [1.82, 2.24) is 15.0 Å². The van der Waals surface area contributed by atoms with Gasteiger partial charge in [0.2, 0.25) is 5.88 Å². The highest BCUT2D eigenvalue weighted by Gasteiger charge is 2.08. The van der Waals surface area contributed by atoms with Crippen molar-refractivity contribution in [2.75, 3.05) is 12.5 Å². The summed E-state index contributed by atoms with van der Waals surface area (Å²) in [4.78, 5) is 0. The minimum Gasteiger partial charge on any atom is -0.198 e. The summed E-state index contributed by atoms with van der Waals surface area (Å²) in [5.74, 6) is 0.959. The van der Waals surface area contributed by atoms with Gasteiger partial charge in [-0.3, -0.25) is 0 Å². The zero-order valence-corrected chi connectivity index (χ0v) is 8.58. The third-order valence-electron chi connectivity index (χ3n) is 1.80. The summed E-state index contributed by atoms with van der Waals surface area (Å²) in [5, 5.41) is 8.20. The molecular formula is C9H12N3S+. The Balaban J connectivity index is 2.46. The van der Waals surface area contributed by atoms with E-state index in [1.54, 1.807) is 0 Å². The number of benzene rings is 1. The molecule has 2 rings (SSSR count). The second-order valence-electron chi connectivity index (χ2n) is 3.19. The Morgan fingerprint density at radius 2 is 2.08 bits per heavy atom. The lowest BCUT2D eigenvalue weighted by molar-refractivity contribution is 0.720. The first-order valence-corrected chi connectivity index (χ1v) is 6.31. The largest absolute Gasteiger partial charge is 0.201 e. The van der Waals surface area contributed by atoms with Crippen LogP contribution in [0.15, 0.2) is 24.3 Å². The van der Waals surface area contributed by atoms with Gasteiger partial charge in [-0.25, -0.2) is 0 Å². The highest BCUT2D eigenvalue weighted by Crippen LogP contribution is 2.10. The van der Waals surface area contributed by atoms with Crippen molar-refractivity contribution in [3.8, 4) is 0 Å². The summed E-state index contributed by atoms with van der Waals surface area (Å²) in [7, 11) is 0.359. The van der Waals surface area contributed by atoms with Crippen LogP contribution in [0.2, 0.25) is 0 Å². The summed E-state index contributed by atoms with van der Waals surface area (Å²) in [6, 6.07) is 8.05. The fourth-order valence-electron chi connectivity index (χ4n) is 1.26. The van der Waals surface area contributed by atoms with E-state index in [-0.39, 0.29) is 0 Å². The van der Waals surface area contributed by atoms with Crippen molar-refractivity contribution in [2.45, 2.75) is 5.88 Å². The van der Waals surface area contributed by atoms with Crippen molar-refractivity contribution in [2.24, 2.45) is 0 Å². The number of hydrogen-bond donors (Lipinski definition) is 0. The summed E-state index contributed by atoms with van der Waals surface area (Å²) < 4.78 is 1.97. The molecule has 0 aliphatic heterocycles. The third kappa shape index (κ3) is 1.67. The monoisotopic (exact) mass is 194 g/mol. The third-order valence-corrected chi connectivity index (χ3v) is 2.56. The minimum absolute atomic E-state index is 0.359. The first-order valence-electron chi connectivity index (χ1n) is 4.10. The van der Waals surface area contributed by atoms with Crippen LogP contribution in [-0.4, -0.2) is 27.5 Å². The van der Waals surface area contributed by atoms with E-state index >= 15 is 0 Å². The standard InChI is InChI=1S/C9H12N3S/c1-13(2)7-12-9-6-4-3-5-8(9)10-11-12/h3-6H,7H2,1-2H3/q+1. The average Bonchev–Trinajstić information content (AvgIpc) is 2.48. The highest BCUT2D eigenvalue weighted by atomic mass is 32.2. The molecule has 0 bridgehead atoms. The predicted octanol–water partition coefficient (Wildman–Crippen LogP) is 1.27. The molecule has 68 valence electrons. The molecule has 0 N–H and O–H groups in total. The molecular weight excluding hydrogens is 182 g/mol. The molecule has 0 unspecified atom stereocenters. The second kappa shape index (κ2) is 3.38. The van der Waals surface area contributed by atoms with Gasteiger partial charge in [0.1, 0.15) is 5.52 Å². The van der Waals surface area contributed by atoms with Crippen molar-refractivity contribution < 1.29 is 0 Å².